The van der Waals surface area contributed by atoms with Crippen molar-refractivity contribution in [1.82, 2.24) is 14.6 Å². The van der Waals surface area contributed by atoms with Crippen LogP contribution in [0.3, 0.4) is 0 Å². The molecule has 0 N–H and O–H groups in total. The van der Waals surface area contributed by atoms with Crippen molar-refractivity contribution in [2.45, 2.75) is 6.92 Å². The number of rotatable bonds is 3. The lowest BCUT2D eigenvalue weighted by Gasteiger charge is -2.10. The van der Waals surface area contributed by atoms with Gasteiger partial charge in [-0.1, -0.05) is 0 Å². The van der Waals surface area contributed by atoms with Gasteiger partial charge < -0.3 is 9.47 Å². The molecule has 0 spiro atoms. The third kappa shape index (κ3) is 2.07. The fourth-order valence-corrected chi connectivity index (χ4v) is 2.16. The molecule has 0 aliphatic carbocycles. The molecule has 0 unspecified atom stereocenters. The van der Waals surface area contributed by atoms with Crippen LogP contribution in [0.25, 0.3) is 16.9 Å². The maximum atomic E-state index is 5.40. The molecule has 0 aliphatic rings. The monoisotopic (exact) mass is 269 g/mol. The first-order chi connectivity index (χ1) is 9.71. The lowest BCUT2D eigenvalue weighted by atomic mass is 10.1. The molecule has 20 heavy (non-hydrogen) atoms. The van der Waals surface area contributed by atoms with Crippen LogP contribution in [0.5, 0.6) is 11.5 Å². The molecule has 0 aliphatic heterocycles. The van der Waals surface area contributed by atoms with Gasteiger partial charge in [-0.05, 0) is 37.3 Å². The smallest absolute Gasteiger partial charge is 0.153 e. The zero-order valence-electron chi connectivity index (χ0n) is 11.6. The summed E-state index contributed by atoms with van der Waals surface area (Å²) in [5.41, 5.74) is 3.46. The van der Waals surface area contributed by atoms with Gasteiger partial charge in [0.15, 0.2) is 5.65 Å². The third-order valence-corrected chi connectivity index (χ3v) is 3.12. The second-order valence-corrected chi connectivity index (χ2v) is 4.47. The summed E-state index contributed by atoms with van der Waals surface area (Å²) < 4.78 is 12.4. The van der Waals surface area contributed by atoms with Crippen molar-refractivity contribution in [1.29, 1.82) is 0 Å². The van der Waals surface area contributed by atoms with E-state index < -0.39 is 0 Å². The fourth-order valence-electron chi connectivity index (χ4n) is 2.16. The molecular weight excluding hydrogens is 254 g/mol. The number of hydrogen-bond donors (Lipinski definition) is 0. The Balaban J connectivity index is 2.17. The number of benzene rings is 1. The van der Waals surface area contributed by atoms with Crippen molar-refractivity contribution >= 4 is 5.65 Å². The minimum atomic E-state index is 0.759. The van der Waals surface area contributed by atoms with E-state index in [1.54, 1.807) is 18.7 Å². The summed E-state index contributed by atoms with van der Waals surface area (Å²) in [6.45, 7) is 1.94. The average molecular weight is 269 g/mol. The van der Waals surface area contributed by atoms with Crippen LogP contribution in [0.2, 0.25) is 0 Å². The van der Waals surface area contributed by atoms with E-state index in [4.69, 9.17) is 9.47 Å². The van der Waals surface area contributed by atoms with Gasteiger partial charge in [-0.15, -0.1) is 0 Å². The maximum Gasteiger partial charge on any atom is 0.153 e. The SMILES string of the molecule is COc1ccc(OC)c(-c2ccc3nc(C)cn3n2)c1. The van der Waals surface area contributed by atoms with E-state index in [0.29, 0.717) is 0 Å². The normalized spacial score (nSPS) is 10.8. The Bertz CT molecular complexity index is 765. The average Bonchev–Trinajstić information content (AvgIpc) is 2.85. The first-order valence-electron chi connectivity index (χ1n) is 6.26. The molecule has 5 heteroatoms. The fraction of sp³-hybridized carbons (Fsp3) is 0.200. The van der Waals surface area contributed by atoms with E-state index in [0.717, 1.165) is 34.1 Å². The lowest BCUT2D eigenvalue weighted by molar-refractivity contribution is 0.404. The van der Waals surface area contributed by atoms with Gasteiger partial charge in [0.1, 0.15) is 11.5 Å². The second-order valence-electron chi connectivity index (χ2n) is 4.47. The van der Waals surface area contributed by atoms with Crippen molar-refractivity contribution < 1.29 is 9.47 Å². The molecular formula is C15H15N3O2. The standard InChI is InChI=1S/C15H15N3O2/c1-10-9-18-15(16-10)7-5-13(17-18)12-8-11(19-2)4-6-14(12)20-3/h4-9H,1-3H3. The van der Waals surface area contributed by atoms with Gasteiger partial charge in [0, 0.05) is 5.56 Å². The van der Waals surface area contributed by atoms with Gasteiger partial charge in [0.2, 0.25) is 0 Å². The number of ether oxygens (including phenoxy) is 2. The third-order valence-electron chi connectivity index (χ3n) is 3.12. The van der Waals surface area contributed by atoms with Crippen molar-refractivity contribution in [3.05, 3.63) is 42.2 Å². The number of fused-ring (bicyclic) bond motifs is 1. The molecule has 0 amide bonds. The van der Waals surface area contributed by atoms with Crippen LogP contribution in [0.1, 0.15) is 5.69 Å². The van der Waals surface area contributed by atoms with Crippen molar-refractivity contribution in [2.75, 3.05) is 14.2 Å². The Kier molecular flexibility index (Phi) is 3.02. The molecule has 3 rings (SSSR count). The number of hydrogen-bond acceptors (Lipinski definition) is 4. The predicted molar refractivity (Wildman–Crippen MR) is 76.3 cm³/mol. The molecule has 0 fully saturated rings. The van der Waals surface area contributed by atoms with E-state index in [9.17, 15) is 0 Å². The molecule has 3 aromatic rings. The van der Waals surface area contributed by atoms with Crippen molar-refractivity contribution in [3.63, 3.8) is 0 Å². The van der Waals surface area contributed by atoms with E-state index in [1.807, 2.05) is 43.5 Å². The minimum absolute atomic E-state index is 0.759. The highest BCUT2D eigenvalue weighted by Gasteiger charge is 2.10. The summed E-state index contributed by atoms with van der Waals surface area (Å²) in [6.07, 6.45) is 1.89. The Labute approximate surface area is 116 Å². The van der Waals surface area contributed by atoms with Crippen LogP contribution >= 0.6 is 0 Å². The molecule has 0 bridgehead atoms. The summed E-state index contributed by atoms with van der Waals surface area (Å²) in [5, 5.41) is 4.57. The molecule has 2 aromatic heterocycles. The van der Waals surface area contributed by atoms with Gasteiger partial charge in [0.05, 0.1) is 31.8 Å². The molecule has 5 nitrogen and oxygen atoms in total. The zero-order chi connectivity index (χ0) is 14.1. The van der Waals surface area contributed by atoms with E-state index in [-0.39, 0.29) is 0 Å². The molecule has 2 heterocycles. The summed E-state index contributed by atoms with van der Waals surface area (Å²) in [6, 6.07) is 9.52. The van der Waals surface area contributed by atoms with Gasteiger partial charge in [-0.3, -0.25) is 0 Å². The summed E-state index contributed by atoms with van der Waals surface area (Å²) in [4.78, 5) is 4.37. The van der Waals surface area contributed by atoms with Crippen molar-refractivity contribution in [2.24, 2.45) is 0 Å². The molecule has 0 saturated heterocycles. The Morgan fingerprint density at radius 1 is 1.05 bits per heavy atom. The summed E-state index contributed by atoms with van der Waals surface area (Å²) in [7, 11) is 3.28. The van der Waals surface area contributed by atoms with Crippen LogP contribution in [-0.2, 0) is 0 Å². The maximum absolute atomic E-state index is 5.40. The minimum Gasteiger partial charge on any atom is -0.497 e. The number of aryl methyl sites for hydroxylation is 1. The van der Waals surface area contributed by atoms with Crippen LogP contribution in [0, 0.1) is 6.92 Å². The topological polar surface area (TPSA) is 48.7 Å². The number of imidazole rings is 1. The zero-order valence-corrected chi connectivity index (χ0v) is 11.6. The molecule has 0 atom stereocenters. The number of aromatic nitrogens is 3. The first-order valence-corrected chi connectivity index (χ1v) is 6.26. The summed E-state index contributed by atoms with van der Waals surface area (Å²) in [5.74, 6) is 1.53. The van der Waals surface area contributed by atoms with Gasteiger partial charge in [-0.25, -0.2) is 9.50 Å². The quantitative estimate of drug-likeness (QED) is 0.733. The molecule has 102 valence electrons. The molecule has 0 saturated carbocycles. The highest BCUT2D eigenvalue weighted by atomic mass is 16.5. The van der Waals surface area contributed by atoms with E-state index >= 15 is 0 Å². The van der Waals surface area contributed by atoms with Crippen LogP contribution in [-0.4, -0.2) is 28.8 Å². The number of methoxy groups -OCH3 is 2. The molecule has 1 aromatic carbocycles. The lowest BCUT2D eigenvalue weighted by Crippen LogP contribution is -1.96. The second kappa shape index (κ2) is 4.85. The predicted octanol–water partition coefficient (Wildman–Crippen LogP) is 2.72. The Morgan fingerprint density at radius 3 is 2.65 bits per heavy atom. The van der Waals surface area contributed by atoms with Crippen LogP contribution in [0.15, 0.2) is 36.5 Å². The van der Waals surface area contributed by atoms with Crippen molar-refractivity contribution in [3.8, 4) is 22.8 Å². The highest BCUT2D eigenvalue weighted by molar-refractivity contribution is 5.69. The van der Waals surface area contributed by atoms with Gasteiger partial charge in [-0.2, -0.15) is 5.10 Å². The van der Waals surface area contributed by atoms with Crippen LogP contribution < -0.4 is 9.47 Å². The largest absolute Gasteiger partial charge is 0.497 e. The Morgan fingerprint density at radius 2 is 1.90 bits per heavy atom. The van der Waals surface area contributed by atoms with Gasteiger partial charge in [0.25, 0.3) is 0 Å². The number of nitrogens with zero attached hydrogens (tertiary/aromatic N) is 3. The summed E-state index contributed by atoms with van der Waals surface area (Å²) >= 11 is 0. The molecule has 0 radical (unpaired) electrons. The highest BCUT2D eigenvalue weighted by Crippen LogP contribution is 2.32. The Hall–Kier alpha value is -2.56. The van der Waals surface area contributed by atoms with E-state index in [1.165, 1.54) is 0 Å². The van der Waals surface area contributed by atoms with Crippen LogP contribution in [0.4, 0.5) is 0 Å². The van der Waals surface area contributed by atoms with Gasteiger partial charge >= 0.3 is 0 Å². The first kappa shape index (κ1) is 12.5. The van der Waals surface area contributed by atoms with E-state index in [2.05, 4.69) is 10.1 Å².